The van der Waals surface area contributed by atoms with Gasteiger partial charge in [0.25, 0.3) is 10.1 Å². The number of amides is 3. The van der Waals surface area contributed by atoms with Gasteiger partial charge in [-0.15, -0.1) is 0 Å². The van der Waals surface area contributed by atoms with Crippen LogP contribution in [-0.2, 0) is 24.4 Å². The van der Waals surface area contributed by atoms with E-state index in [1.807, 2.05) is 0 Å². The van der Waals surface area contributed by atoms with Crippen LogP contribution < -0.4 is 16.0 Å². The van der Waals surface area contributed by atoms with E-state index in [1.54, 1.807) is 13.8 Å². The molecule has 0 unspecified atom stereocenters. The second-order valence-electron chi connectivity index (χ2n) is 9.76. The molecule has 0 spiro atoms. The van der Waals surface area contributed by atoms with E-state index in [4.69, 9.17) is 4.74 Å². The second-order valence-corrected chi connectivity index (χ2v) is 11.3. The van der Waals surface area contributed by atoms with E-state index < -0.39 is 51.5 Å². The van der Waals surface area contributed by atoms with E-state index in [-0.39, 0.29) is 62.9 Å². The first-order valence-electron chi connectivity index (χ1n) is 11.7. The van der Waals surface area contributed by atoms with Crippen molar-refractivity contribution >= 4 is 28.0 Å². The fourth-order valence-electron chi connectivity index (χ4n) is 4.26. The minimum Gasteiger partial charge on any atom is -0.449 e. The lowest BCUT2D eigenvalue weighted by atomic mass is 9.87. The zero-order chi connectivity index (χ0) is 26.4. The molecule has 3 amide bonds. The summed E-state index contributed by atoms with van der Waals surface area (Å²) < 4.78 is 64.1. The summed E-state index contributed by atoms with van der Waals surface area (Å²) in [4.78, 5) is 37.1. The van der Waals surface area contributed by atoms with Crippen molar-refractivity contribution in [2.45, 2.75) is 82.2 Å². The van der Waals surface area contributed by atoms with E-state index in [0.29, 0.717) is 13.0 Å². The Balaban J connectivity index is 2.01. The predicted molar refractivity (Wildman–Crippen MR) is 120 cm³/mol. The summed E-state index contributed by atoms with van der Waals surface area (Å²) >= 11 is 0. The summed E-state index contributed by atoms with van der Waals surface area (Å²) in [6.45, 7) is 3.83. The van der Waals surface area contributed by atoms with Crippen molar-refractivity contribution in [2.75, 3.05) is 13.2 Å². The number of carbonyl (C=O) groups is 3. The highest BCUT2D eigenvalue weighted by molar-refractivity contribution is 7.86. The molecular formula is C21H35F2N3O8S. The average Bonchev–Trinajstić information content (AvgIpc) is 3.14. The Morgan fingerprint density at radius 1 is 1.20 bits per heavy atom. The zero-order valence-corrected chi connectivity index (χ0v) is 20.7. The van der Waals surface area contributed by atoms with Crippen molar-refractivity contribution < 1.29 is 46.0 Å². The van der Waals surface area contributed by atoms with Crippen molar-refractivity contribution in [3.05, 3.63) is 0 Å². The van der Waals surface area contributed by atoms with Crippen molar-refractivity contribution in [1.82, 2.24) is 16.0 Å². The number of hydrogen-bond donors (Lipinski definition) is 5. The molecule has 1 saturated carbocycles. The molecule has 11 nitrogen and oxygen atoms in total. The number of alkyl halides is 2. The second kappa shape index (κ2) is 12.3. The van der Waals surface area contributed by atoms with Crippen LogP contribution in [0.25, 0.3) is 0 Å². The highest BCUT2D eigenvalue weighted by Gasteiger charge is 2.38. The number of aliphatic hydroxyl groups excluding tert-OH is 1. The highest BCUT2D eigenvalue weighted by atomic mass is 32.2. The van der Waals surface area contributed by atoms with Crippen molar-refractivity contribution in [3.63, 3.8) is 0 Å². The number of rotatable bonds is 11. The quantitative estimate of drug-likeness (QED) is 0.249. The number of alkyl carbamates (subject to hydrolysis) is 1. The number of ether oxygens (including phenoxy) is 1. The first-order chi connectivity index (χ1) is 16.2. The molecule has 1 aliphatic carbocycles. The Kier molecular flexibility index (Phi) is 10.2. The minimum atomic E-state index is -4.96. The lowest BCUT2D eigenvalue weighted by molar-refractivity contribution is -0.126. The third-order valence-corrected chi connectivity index (χ3v) is 7.22. The van der Waals surface area contributed by atoms with Crippen LogP contribution in [-0.4, -0.2) is 72.6 Å². The summed E-state index contributed by atoms with van der Waals surface area (Å²) in [5.41, 5.74) is -2.38. The van der Waals surface area contributed by atoms with Crippen LogP contribution in [0.15, 0.2) is 0 Å². The van der Waals surface area contributed by atoms with Gasteiger partial charge < -0.3 is 25.8 Å². The maximum atomic E-state index is 13.3. The van der Waals surface area contributed by atoms with E-state index in [2.05, 4.69) is 16.0 Å². The standard InChI is InChI=1S/C21H35F2N3O8S/c1-12(2)9-15(26-20(30)34-11-13-3-6-21(22,23)7-4-13)18(28)25-16(19(29)35(31,32)33)10-14-5-8-24-17(14)27/h12-16,19,29H,3-11H2,1-2H3,(H,24,27)(H,25,28)(H,26,30)(H,31,32,33)/t14-,15-,16-,19-/m0/s1. The number of nitrogens with one attached hydrogen (secondary N) is 3. The van der Waals surface area contributed by atoms with Gasteiger partial charge in [0, 0.05) is 25.3 Å². The van der Waals surface area contributed by atoms with Crippen LogP contribution in [0.2, 0.25) is 0 Å². The largest absolute Gasteiger partial charge is 0.449 e. The summed E-state index contributed by atoms with van der Waals surface area (Å²) in [6, 6.07) is -2.69. The van der Waals surface area contributed by atoms with Gasteiger partial charge >= 0.3 is 6.09 Å². The molecule has 1 aliphatic heterocycles. The van der Waals surface area contributed by atoms with Gasteiger partial charge in [0.05, 0.1) is 12.6 Å². The fourth-order valence-corrected chi connectivity index (χ4v) is 4.86. The molecule has 5 N–H and O–H groups in total. The van der Waals surface area contributed by atoms with Crippen LogP contribution >= 0.6 is 0 Å². The van der Waals surface area contributed by atoms with E-state index in [9.17, 15) is 41.2 Å². The van der Waals surface area contributed by atoms with Crippen molar-refractivity contribution in [2.24, 2.45) is 17.8 Å². The fraction of sp³-hybridized carbons (Fsp3) is 0.857. The Bertz CT molecular complexity index is 861. The summed E-state index contributed by atoms with van der Waals surface area (Å²) in [5, 5.41) is 17.4. The molecule has 1 heterocycles. The van der Waals surface area contributed by atoms with E-state index in [0.717, 1.165) is 0 Å². The lowest BCUT2D eigenvalue weighted by Gasteiger charge is -2.29. The average molecular weight is 528 g/mol. The third kappa shape index (κ3) is 9.49. The molecule has 14 heteroatoms. The molecule has 2 fully saturated rings. The maximum Gasteiger partial charge on any atom is 0.407 e. The summed E-state index contributed by atoms with van der Waals surface area (Å²) in [6.07, 6.45) is -0.838. The van der Waals surface area contributed by atoms with Gasteiger partial charge in [0.15, 0.2) is 0 Å². The van der Waals surface area contributed by atoms with Gasteiger partial charge in [0.2, 0.25) is 23.2 Å². The van der Waals surface area contributed by atoms with Gasteiger partial charge in [-0.3, -0.25) is 14.1 Å². The topological polar surface area (TPSA) is 171 Å². The number of halogens is 2. The molecule has 0 aromatic carbocycles. The van der Waals surface area contributed by atoms with Crippen molar-refractivity contribution in [1.29, 1.82) is 0 Å². The Morgan fingerprint density at radius 2 is 1.83 bits per heavy atom. The molecule has 2 aliphatic rings. The van der Waals surface area contributed by atoms with Gasteiger partial charge in [-0.1, -0.05) is 13.8 Å². The number of hydrogen-bond acceptors (Lipinski definition) is 7. The molecule has 0 aromatic heterocycles. The van der Waals surface area contributed by atoms with Gasteiger partial charge in [-0.2, -0.15) is 8.42 Å². The van der Waals surface area contributed by atoms with Crippen LogP contribution in [0.1, 0.15) is 58.8 Å². The van der Waals surface area contributed by atoms with Gasteiger partial charge in [-0.05, 0) is 43.9 Å². The molecular weight excluding hydrogens is 492 g/mol. The molecule has 4 atom stereocenters. The lowest BCUT2D eigenvalue weighted by Crippen LogP contribution is -2.55. The number of carbonyl (C=O) groups excluding carboxylic acids is 3. The normalized spacial score (nSPS) is 23.3. The molecule has 0 radical (unpaired) electrons. The Labute approximate surface area is 203 Å². The predicted octanol–water partition coefficient (Wildman–Crippen LogP) is 1.17. The summed E-state index contributed by atoms with van der Waals surface area (Å²) in [7, 11) is -4.96. The summed E-state index contributed by atoms with van der Waals surface area (Å²) in [5.74, 6) is -4.89. The van der Waals surface area contributed by atoms with Crippen molar-refractivity contribution in [3.8, 4) is 0 Å². The molecule has 202 valence electrons. The molecule has 0 bridgehead atoms. The SMILES string of the molecule is CC(C)C[C@H](NC(=O)OCC1CCC(F)(F)CC1)C(=O)N[C@@H](C[C@@H]1CCNC1=O)[C@@H](O)S(=O)(=O)O. The number of aliphatic hydroxyl groups is 1. The Hall–Kier alpha value is -2.06. The van der Waals surface area contributed by atoms with E-state index in [1.165, 1.54) is 0 Å². The molecule has 2 rings (SSSR count). The third-order valence-electron chi connectivity index (χ3n) is 6.28. The molecule has 35 heavy (non-hydrogen) atoms. The molecule has 1 saturated heterocycles. The van der Waals surface area contributed by atoms with Gasteiger partial charge in [-0.25, -0.2) is 13.6 Å². The van der Waals surface area contributed by atoms with Crippen LogP contribution in [0, 0.1) is 17.8 Å². The van der Waals surface area contributed by atoms with Gasteiger partial charge in [0.1, 0.15) is 6.04 Å². The van der Waals surface area contributed by atoms with Crippen LogP contribution in [0.4, 0.5) is 13.6 Å². The monoisotopic (exact) mass is 527 g/mol. The van der Waals surface area contributed by atoms with Crippen LogP contribution in [0.3, 0.4) is 0 Å². The highest BCUT2D eigenvalue weighted by Crippen LogP contribution is 2.36. The van der Waals surface area contributed by atoms with Crippen LogP contribution in [0.5, 0.6) is 0 Å². The smallest absolute Gasteiger partial charge is 0.407 e. The minimum absolute atomic E-state index is 0.0845. The first kappa shape index (κ1) is 29.2. The first-order valence-corrected chi connectivity index (χ1v) is 13.2. The maximum absolute atomic E-state index is 13.3. The molecule has 0 aromatic rings. The Morgan fingerprint density at radius 3 is 2.34 bits per heavy atom. The van der Waals surface area contributed by atoms with E-state index >= 15 is 0 Å². The zero-order valence-electron chi connectivity index (χ0n) is 19.8.